The maximum absolute atomic E-state index is 12.4. The molecule has 2 N–H and O–H groups in total. The average molecular weight is 383 g/mol. The Labute approximate surface area is 159 Å². The molecule has 0 radical (unpaired) electrons. The number of aliphatic hydroxyl groups excluding tert-OH is 1. The van der Waals surface area contributed by atoms with Crippen molar-refractivity contribution in [1.82, 2.24) is 4.98 Å². The number of nitrogens with zero attached hydrogens (tertiary/aromatic N) is 2. The molecule has 3 aromatic rings. The van der Waals surface area contributed by atoms with Gasteiger partial charge in [0.05, 0.1) is 23.3 Å². The number of esters is 1. The first-order valence-electron chi connectivity index (χ1n) is 8.39. The van der Waals surface area contributed by atoms with Crippen LogP contribution in [0.4, 0.5) is 11.4 Å². The van der Waals surface area contributed by atoms with Gasteiger partial charge < -0.3 is 19.6 Å². The van der Waals surface area contributed by atoms with Crippen LogP contribution >= 0.6 is 0 Å². The van der Waals surface area contributed by atoms with E-state index in [1.807, 2.05) is 30.3 Å². The molecule has 2 aromatic carbocycles. The topological polar surface area (TPSA) is 128 Å². The minimum atomic E-state index is -0.774. The number of nitro groups is 1. The van der Waals surface area contributed by atoms with E-state index in [1.165, 1.54) is 18.3 Å². The summed E-state index contributed by atoms with van der Waals surface area (Å²) in [5.41, 5.74) is 0.894. The largest absolute Gasteiger partial charge is 0.452 e. The molecule has 0 aliphatic rings. The predicted octanol–water partition coefficient (Wildman–Crippen LogP) is 3.01. The maximum atomic E-state index is 12.4. The van der Waals surface area contributed by atoms with E-state index < -0.39 is 10.9 Å². The van der Waals surface area contributed by atoms with Crippen molar-refractivity contribution in [2.45, 2.75) is 6.61 Å². The number of hydrogen-bond donors (Lipinski definition) is 2. The summed E-state index contributed by atoms with van der Waals surface area (Å²) in [6, 6.07) is 13.1. The van der Waals surface area contributed by atoms with Crippen LogP contribution in [0.5, 0.6) is 0 Å². The molecule has 144 valence electrons. The van der Waals surface area contributed by atoms with E-state index in [0.717, 1.165) is 11.6 Å². The van der Waals surface area contributed by atoms with Crippen LogP contribution in [0.25, 0.3) is 11.3 Å². The summed E-state index contributed by atoms with van der Waals surface area (Å²) >= 11 is 0. The Morgan fingerprint density at radius 3 is 2.75 bits per heavy atom. The second-order valence-corrected chi connectivity index (χ2v) is 5.70. The normalized spacial score (nSPS) is 10.5. The van der Waals surface area contributed by atoms with Crippen LogP contribution in [0.3, 0.4) is 0 Å². The van der Waals surface area contributed by atoms with Gasteiger partial charge in [0, 0.05) is 29.9 Å². The van der Waals surface area contributed by atoms with Crippen molar-refractivity contribution in [2.75, 3.05) is 18.5 Å². The Morgan fingerprint density at radius 2 is 2.04 bits per heavy atom. The predicted molar refractivity (Wildman–Crippen MR) is 99.7 cm³/mol. The Kier molecular flexibility index (Phi) is 5.97. The number of non-ortho nitro benzene ring substituents is 1. The summed E-state index contributed by atoms with van der Waals surface area (Å²) in [6.07, 6.45) is 1.53. The third-order valence-corrected chi connectivity index (χ3v) is 3.80. The van der Waals surface area contributed by atoms with E-state index in [0.29, 0.717) is 11.4 Å². The van der Waals surface area contributed by atoms with Crippen LogP contribution < -0.4 is 5.32 Å². The quantitative estimate of drug-likeness (QED) is 0.345. The molecule has 9 heteroatoms. The van der Waals surface area contributed by atoms with E-state index in [-0.39, 0.29) is 36.9 Å². The lowest BCUT2D eigenvalue weighted by Crippen LogP contribution is -2.13. The molecule has 0 bridgehead atoms. The average Bonchev–Trinajstić information content (AvgIpc) is 3.20. The fourth-order valence-corrected chi connectivity index (χ4v) is 2.48. The highest BCUT2D eigenvalue weighted by Gasteiger charge is 2.19. The van der Waals surface area contributed by atoms with E-state index in [1.54, 1.807) is 0 Å². The molecule has 0 aliphatic carbocycles. The Hall–Kier alpha value is -3.72. The highest BCUT2D eigenvalue weighted by Crippen LogP contribution is 2.24. The number of carbonyl (C=O) groups is 1. The molecule has 3 rings (SSSR count). The number of benzene rings is 2. The van der Waals surface area contributed by atoms with E-state index in [4.69, 9.17) is 14.3 Å². The SMILES string of the molecule is O=C(OCc1ncc(-c2ccccc2)o1)c1cc([N+](=O)[O-])ccc1NCCO. The number of aromatic nitrogens is 1. The van der Waals surface area contributed by atoms with Gasteiger partial charge in [-0.2, -0.15) is 0 Å². The zero-order chi connectivity index (χ0) is 19.9. The minimum absolute atomic E-state index is 0.0162. The Morgan fingerprint density at radius 1 is 1.25 bits per heavy atom. The first-order chi connectivity index (χ1) is 13.6. The maximum Gasteiger partial charge on any atom is 0.341 e. The fraction of sp³-hybridized carbons (Fsp3) is 0.158. The molecule has 9 nitrogen and oxygen atoms in total. The van der Waals surface area contributed by atoms with Crippen molar-refractivity contribution in [2.24, 2.45) is 0 Å². The van der Waals surface area contributed by atoms with Gasteiger partial charge in [-0.3, -0.25) is 10.1 Å². The molecule has 28 heavy (non-hydrogen) atoms. The molecule has 0 spiro atoms. The second kappa shape index (κ2) is 8.78. The van der Waals surface area contributed by atoms with Crippen molar-refractivity contribution < 1.29 is 24.0 Å². The zero-order valence-electron chi connectivity index (χ0n) is 14.7. The number of oxazole rings is 1. The van der Waals surface area contributed by atoms with E-state index >= 15 is 0 Å². The lowest BCUT2D eigenvalue weighted by Gasteiger charge is -2.10. The third kappa shape index (κ3) is 4.51. The molecular formula is C19H17N3O6. The fourth-order valence-electron chi connectivity index (χ4n) is 2.48. The van der Waals surface area contributed by atoms with Crippen molar-refractivity contribution in [3.05, 3.63) is 76.3 Å². The van der Waals surface area contributed by atoms with E-state index in [2.05, 4.69) is 10.3 Å². The first kappa shape index (κ1) is 19.1. The molecular weight excluding hydrogens is 366 g/mol. The number of carbonyl (C=O) groups excluding carboxylic acids is 1. The van der Waals surface area contributed by atoms with Gasteiger partial charge in [0.1, 0.15) is 0 Å². The standard InChI is InChI=1S/C19H17N3O6/c23-9-8-20-16-7-6-14(22(25)26)10-15(16)19(24)27-12-18-21-11-17(28-18)13-4-2-1-3-5-13/h1-7,10-11,20,23H,8-9,12H2. The van der Waals surface area contributed by atoms with Crippen molar-refractivity contribution in [1.29, 1.82) is 0 Å². The Bertz CT molecular complexity index is 971. The Balaban J connectivity index is 1.73. The monoisotopic (exact) mass is 383 g/mol. The molecule has 0 saturated heterocycles. The minimum Gasteiger partial charge on any atom is -0.452 e. The van der Waals surface area contributed by atoms with Crippen molar-refractivity contribution in [3.63, 3.8) is 0 Å². The number of rotatable bonds is 8. The zero-order valence-corrected chi connectivity index (χ0v) is 14.7. The van der Waals surface area contributed by atoms with Gasteiger partial charge >= 0.3 is 5.97 Å². The smallest absolute Gasteiger partial charge is 0.341 e. The molecule has 0 atom stereocenters. The van der Waals surface area contributed by atoms with Crippen molar-refractivity contribution in [3.8, 4) is 11.3 Å². The number of anilines is 1. The summed E-state index contributed by atoms with van der Waals surface area (Å²) in [5, 5.41) is 22.7. The van der Waals surface area contributed by atoms with Gasteiger partial charge in [-0.25, -0.2) is 9.78 Å². The van der Waals surface area contributed by atoms with Gasteiger partial charge in [-0.15, -0.1) is 0 Å². The van der Waals surface area contributed by atoms with Crippen molar-refractivity contribution >= 4 is 17.3 Å². The lowest BCUT2D eigenvalue weighted by molar-refractivity contribution is -0.384. The highest BCUT2D eigenvalue weighted by atomic mass is 16.6. The summed E-state index contributed by atoms with van der Waals surface area (Å²) in [6.45, 7) is -0.212. The van der Waals surface area contributed by atoms with Gasteiger partial charge in [-0.05, 0) is 6.07 Å². The van der Waals surface area contributed by atoms with Crippen LogP contribution in [0.15, 0.2) is 59.1 Å². The highest BCUT2D eigenvalue weighted by molar-refractivity contribution is 5.96. The number of aliphatic hydroxyl groups is 1. The molecule has 0 aliphatic heterocycles. The van der Waals surface area contributed by atoms with Gasteiger partial charge in [0.2, 0.25) is 5.89 Å². The molecule has 0 saturated carbocycles. The number of hydrogen-bond acceptors (Lipinski definition) is 8. The number of nitro benzene ring substituents is 1. The number of ether oxygens (including phenoxy) is 1. The van der Waals surface area contributed by atoms with Crippen LogP contribution in [-0.2, 0) is 11.3 Å². The van der Waals surface area contributed by atoms with Crippen LogP contribution in [-0.4, -0.2) is 34.1 Å². The first-order valence-corrected chi connectivity index (χ1v) is 8.39. The van der Waals surface area contributed by atoms with Gasteiger partial charge in [0.25, 0.3) is 5.69 Å². The molecule has 0 unspecified atom stereocenters. The van der Waals surface area contributed by atoms with Crippen LogP contribution in [0.2, 0.25) is 0 Å². The summed E-state index contributed by atoms with van der Waals surface area (Å²) in [4.78, 5) is 26.9. The second-order valence-electron chi connectivity index (χ2n) is 5.70. The number of nitrogens with one attached hydrogen (secondary N) is 1. The van der Waals surface area contributed by atoms with Crippen LogP contribution in [0, 0.1) is 10.1 Å². The molecule has 0 fully saturated rings. The van der Waals surface area contributed by atoms with Gasteiger partial charge in [-0.1, -0.05) is 30.3 Å². The van der Waals surface area contributed by atoms with Crippen LogP contribution in [0.1, 0.15) is 16.2 Å². The summed E-state index contributed by atoms with van der Waals surface area (Å²) in [5.74, 6) is -0.0431. The molecule has 0 amide bonds. The summed E-state index contributed by atoms with van der Waals surface area (Å²) < 4.78 is 10.8. The summed E-state index contributed by atoms with van der Waals surface area (Å²) in [7, 11) is 0. The lowest BCUT2D eigenvalue weighted by atomic mass is 10.1. The van der Waals surface area contributed by atoms with Gasteiger partial charge in [0.15, 0.2) is 12.4 Å². The van der Waals surface area contributed by atoms with E-state index in [9.17, 15) is 14.9 Å². The molecule has 1 aromatic heterocycles. The third-order valence-electron chi connectivity index (χ3n) is 3.80. The molecule has 1 heterocycles.